The molecule has 0 saturated carbocycles. The summed E-state index contributed by atoms with van der Waals surface area (Å²) < 4.78 is 0. The van der Waals surface area contributed by atoms with Crippen LogP contribution in [0.5, 0.6) is 0 Å². The van der Waals surface area contributed by atoms with Crippen LogP contribution in [0.1, 0.15) is 24.8 Å². The van der Waals surface area contributed by atoms with Crippen LogP contribution in [0, 0.1) is 0 Å². The molecule has 0 bridgehead atoms. The molecule has 2 saturated heterocycles. The highest BCUT2D eigenvalue weighted by Gasteiger charge is 2.26. The summed E-state index contributed by atoms with van der Waals surface area (Å²) in [6, 6.07) is 23.1. The van der Waals surface area contributed by atoms with E-state index in [1.54, 1.807) is 0 Å². The van der Waals surface area contributed by atoms with Crippen LogP contribution >= 0.6 is 0 Å². The van der Waals surface area contributed by atoms with Gasteiger partial charge in [0.1, 0.15) is 0 Å². The van der Waals surface area contributed by atoms with E-state index in [4.69, 9.17) is 0 Å². The molecule has 0 amide bonds. The average Bonchev–Trinajstić information content (AvgIpc) is 3.17. The molecular formula is C23H31N3. The first-order valence-electron chi connectivity index (χ1n) is 10.2. The molecule has 3 heteroatoms. The molecule has 0 radical (unpaired) electrons. The van der Waals surface area contributed by atoms with Gasteiger partial charge < -0.3 is 15.1 Å². The number of nitrogens with one attached hydrogen (secondary N) is 1. The molecular weight excluding hydrogens is 318 g/mol. The molecule has 1 atom stereocenters. The quantitative estimate of drug-likeness (QED) is 0.860. The second kappa shape index (κ2) is 8.70. The zero-order chi connectivity index (χ0) is 17.6. The van der Waals surface area contributed by atoms with Gasteiger partial charge in [-0.1, -0.05) is 48.5 Å². The van der Waals surface area contributed by atoms with Crippen molar-refractivity contribution in [2.24, 2.45) is 0 Å². The van der Waals surface area contributed by atoms with Crippen molar-refractivity contribution in [3.8, 4) is 0 Å². The Morgan fingerprint density at radius 1 is 0.769 bits per heavy atom. The molecule has 2 aromatic rings. The molecule has 1 unspecified atom stereocenters. The van der Waals surface area contributed by atoms with Gasteiger partial charge >= 0.3 is 0 Å². The second-order valence-corrected chi connectivity index (χ2v) is 7.79. The van der Waals surface area contributed by atoms with Crippen molar-refractivity contribution in [3.63, 3.8) is 0 Å². The molecule has 2 aromatic carbocycles. The predicted octanol–water partition coefficient (Wildman–Crippen LogP) is 3.56. The maximum absolute atomic E-state index is 3.94. The number of rotatable bonds is 6. The summed E-state index contributed by atoms with van der Waals surface area (Å²) in [7, 11) is 0. The van der Waals surface area contributed by atoms with Crippen LogP contribution in [0.3, 0.4) is 0 Å². The number of hydrogen-bond acceptors (Lipinski definition) is 3. The van der Waals surface area contributed by atoms with E-state index >= 15 is 0 Å². The number of likely N-dealkylation sites (tertiary alicyclic amines) is 1. The number of hydrogen-bond donors (Lipinski definition) is 1. The van der Waals surface area contributed by atoms with Gasteiger partial charge in [-0.3, -0.25) is 0 Å². The minimum atomic E-state index is 0.649. The molecule has 1 N–H and O–H groups in total. The zero-order valence-corrected chi connectivity index (χ0v) is 15.7. The van der Waals surface area contributed by atoms with Gasteiger partial charge in [0, 0.05) is 37.4 Å². The molecule has 3 nitrogen and oxygen atoms in total. The monoisotopic (exact) mass is 349 g/mol. The van der Waals surface area contributed by atoms with Crippen molar-refractivity contribution in [2.75, 3.05) is 37.6 Å². The maximum Gasteiger partial charge on any atom is 0.0366 e. The summed E-state index contributed by atoms with van der Waals surface area (Å²) in [4.78, 5) is 5.16. The maximum atomic E-state index is 3.94. The van der Waals surface area contributed by atoms with Crippen LogP contribution in [-0.4, -0.2) is 49.7 Å². The van der Waals surface area contributed by atoms with Crippen molar-refractivity contribution in [1.29, 1.82) is 0 Å². The van der Waals surface area contributed by atoms with E-state index in [-0.39, 0.29) is 0 Å². The molecule has 2 heterocycles. The molecule has 0 aliphatic carbocycles. The Labute approximate surface area is 158 Å². The van der Waals surface area contributed by atoms with E-state index in [0.717, 1.165) is 6.54 Å². The molecule has 26 heavy (non-hydrogen) atoms. The summed E-state index contributed by atoms with van der Waals surface area (Å²) in [5, 5.41) is 3.94. The van der Waals surface area contributed by atoms with E-state index in [0.29, 0.717) is 12.1 Å². The third-order valence-corrected chi connectivity index (χ3v) is 5.93. The summed E-state index contributed by atoms with van der Waals surface area (Å²) in [5.74, 6) is 0. The van der Waals surface area contributed by atoms with Crippen molar-refractivity contribution >= 4 is 5.69 Å². The highest BCUT2D eigenvalue weighted by molar-refractivity contribution is 5.47. The van der Waals surface area contributed by atoms with E-state index in [1.165, 1.54) is 63.1 Å². The smallest absolute Gasteiger partial charge is 0.0366 e. The fourth-order valence-corrected chi connectivity index (χ4v) is 4.36. The Kier molecular flexibility index (Phi) is 5.88. The first-order valence-corrected chi connectivity index (χ1v) is 10.2. The van der Waals surface area contributed by atoms with Gasteiger partial charge in [0.05, 0.1) is 0 Å². The first-order chi connectivity index (χ1) is 12.9. The van der Waals surface area contributed by atoms with Crippen LogP contribution in [0.15, 0.2) is 60.7 Å². The van der Waals surface area contributed by atoms with Crippen molar-refractivity contribution in [1.82, 2.24) is 10.2 Å². The first kappa shape index (κ1) is 17.6. The van der Waals surface area contributed by atoms with Crippen LogP contribution in [0.2, 0.25) is 0 Å². The topological polar surface area (TPSA) is 18.5 Å². The summed E-state index contributed by atoms with van der Waals surface area (Å²) in [6.45, 7) is 6.00. The van der Waals surface area contributed by atoms with Gasteiger partial charge in [-0.15, -0.1) is 0 Å². The van der Waals surface area contributed by atoms with Crippen molar-refractivity contribution in [3.05, 3.63) is 66.2 Å². The van der Waals surface area contributed by atoms with Crippen molar-refractivity contribution < 1.29 is 0 Å². The molecule has 0 spiro atoms. The Hall–Kier alpha value is -1.84. The standard InChI is InChI=1S/C23H31N3/c1-3-7-20(8-4-1)11-15-25-16-12-21(13-17-25)24-22-14-18-26(19-22)23-9-5-2-6-10-23/h1-10,21-22,24H,11-19H2. The average molecular weight is 350 g/mol. The van der Waals surface area contributed by atoms with Gasteiger partial charge in [-0.2, -0.15) is 0 Å². The van der Waals surface area contributed by atoms with Crippen molar-refractivity contribution in [2.45, 2.75) is 37.8 Å². The Morgan fingerprint density at radius 3 is 2.15 bits per heavy atom. The lowest BCUT2D eigenvalue weighted by atomic mass is 10.0. The van der Waals surface area contributed by atoms with Gasteiger partial charge in [0.15, 0.2) is 0 Å². The summed E-state index contributed by atoms with van der Waals surface area (Å²) in [6.07, 6.45) is 5.02. The fourth-order valence-electron chi connectivity index (χ4n) is 4.36. The van der Waals surface area contributed by atoms with E-state index < -0.39 is 0 Å². The minimum absolute atomic E-state index is 0.649. The fraction of sp³-hybridized carbons (Fsp3) is 0.478. The number of anilines is 1. The molecule has 0 aromatic heterocycles. The van der Waals surface area contributed by atoms with E-state index in [2.05, 4.69) is 75.8 Å². The van der Waals surface area contributed by atoms with Gasteiger partial charge in [0.2, 0.25) is 0 Å². The Morgan fingerprint density at radius 2 is 1.42 bits per heavy atom. The van der Waals surface area contributed by atoms with E-state index in [9.17, 15) is 0 Å². The third-order valence-electron chi connectivity index (χ3n) is 5.93. The molecule has 138 valence electrons. The highest BCUT2D eigenvalue weighted by atomic mass is 15.2. The lowest BCUT2D eigenvalue weighted by Gasteiger charge is -2.34. The van der Waals surface area contributed by atoms with Gasteiger partial charge in [0.25, 0.3) is 0 Å². The van der Waals surface area contributed by atoms with E-state index in [1.807, 2.05) is 0 Å². The number of para-hydroxylation sites is 1. The lowest BCUT2D eigenvalue weighted by Crippen LogP contribution is -2.47. The van der Waals surface area contributed by atoms with Crippen LogP contribution < -0.4 is 10.2 Å². The summed E-state index contributed by atoms with van der Waals surface area (Å²) >= 11 is 0. The Balaban J connectivity index is 1.17. The van der Waals surface area contributed by atoms with Gasteiger partial charge in [-0.25, -0.2) is 0 Å². The number of benzene rings is 2. The number of piperidine rings is 1. The third kappa shape index (κ3) is 4.66. The molecule has 4 rings (SSSR count). The largest absolute Gasteiger partial charge is 0.370 e. The molecule has 2 aliphatic rings. The lowest BCUT2D eigenvalue weighted by molar-refractivity contribution is 0.194. The van der Waals surface area contributed by atoms with Crippen LogP contribution in [0.4, 0.5) is 5.69 Å². The van der Waals surface area contributed by atoms with Crippen LogP contribution in [0.25, 0.3) is 0 Å². The number of nitrogens with zero attached hydrogens (tertiary/aromatic N) is 2. The summed E-state index contributed by atoms with van der Waals surface area (Å²) in [5.41, 5.74) is 2.83. The normalized spacial score (nSPS) is 22.0. The minimum Gasteiger partial charge on any atom is -0.370 e. The molecule has 2 fully saturated rings. The SMILES string of the molecule is c1ccc(CCN2CCC(NC3CCN(c4ccccc4)C3)CC2)cc1. The zero-order valence-electron chi connectivity index (χ0n) is 15.7. The molecule has 2 aliphatic heterocycles. The highest BCUT2D eigenvalue weighted by Crippen LogP contribution is 2.21. The predicted molar refractivity (Wildman–Crippen MR) is 110 cm³/mol. The van der Waals surface area contributed by atoms with Gasteiger partial charge in [-0.05, 0) is 56.5 Å². The Bertz CT molecular complexity index is 650. The van der Waals surface area contributed by atoms with Crippen LogP contribution in [-0.2, 0) is 6.42 Å². The second-order valence-electron chi connectivity index (χ2n) is 7.79.